The van der Waals surface area contributed by atoms with Crippen molar-refractivity contribution in [3.8, 4) is 0 Å². The van der Waals surface area contributed by atoms with Gasteiger partial charge in [-0.15, -0.1) is 0 Å². The first kappa shape index (κ1) is 14.5. The molecular weight excluding hydrogens is 232 g/mol. The van der Waals surface area contributed by atoms with Crippen LogP contribution >= 0.6 is 0 Å². The van der Waals surface area contributed by atoms with Gasteiger partial charge in [-0.25, -0.2) is 0 Å². The molecule has 1 aromatic carbocycles. The Morgan fingerprint density at radius 2 is 2.05 bits per heavy atom. The predicted molar refractivity (Wildman–Crippen MR) is 82.4 cm³/mol. The summed E-state index contributed by atoms with van der Waals surface area (Å²) in [6, 6.07) is 8.92. The first-order chi connectivity index (χ1) is 9.17. The molecular formula is C17H28N2. The third kappa shape index (κ3) is 3.80. The second-order valence-electron chi connectivity index (χ2n) is 5.97. The van der Waals surface area contributed by atoms with Crippen LogP contribution in [0, 0.1) is 6.92 Å². The molecule has 0 spiro atoms. The molecule has 106 valence electrons. The minimum absolute atomic E-state index is 0.320. The Hall–Kier alpha value is -0.860. The van der Waals surface area contributed by atoms with E-state index in [0.717, 1.165) is 13.1 Å². The summed E-state index contributed by atoms with van der Waals surface area (Å²) in [6.07, 6.45) is 3.69. The topological polar surface area (TPSA) is 15.3 Å². The summed E-state index contributed by atoms with van der Waals surface area (Å²) in [4.78, 5) is 2.63. The van der Waals surface area contributed by atoms with E-state index in [1.807, 2.05) is 0 Å². The average molecular weight is 260 g/mol. The van der Waals surface area contributed by atoms with Gasteiger partial charge in [-0.2, -0.15) is 0 Å². The maximum atomic E-state index is 3.78. The summed E-state index contributed by atoms with van der Waals surface area (Å²) in [6.45, 7) is 11.4. The smallest absolute Gasteiger partial charge is 0.0303 e. The highest BCUT2D eigenvalue weighted by molar-refractivity contribution is 5.22. The molecule has 0 saturated carbocycles. The summed E-state index contributed by atoms with van der Waals surface area (Å²) >= 11 is 0. The van der Waals surface area contributed by atoms with E-state index < -0.39 is 0 Å². The van der Waals surface area contributed by atoms with Gasteiger partial charge in [-0.05, 0) is 44.8 Å². The summed E-state index contributed by atoms with van der Waals surface area (Å²) in [5, 5.41) is 3.78. The van der Waals surface area contributed by atoms with Crippen molar-refractivity contribution < 1.29 is 0 Å². The molecule has 19 heavy (non-hydrogen) atoms. The van der Waals surface area contributed by atoms with Gasteiger partial charge >= 0.3 is 0 Å². The number of rotatable bonds is 4. The minimum Gasteiger partial charge on any atom is -0.310 e. The molecule has 2 rings (SSSR count). The number of aryl methyl sites for hydroxylation is 1. The summed E-state index contributed by atoms with van der Waals surface area (Å²) < 4.78 is 0. The Morgan fingerprint density at radius 1 is 1.26 bits per heavy atom. The Morgan fingerprint density at radius 3 is 2.74 bits per heavy atom. The third-order valence-electron chi connectivity index (χ3n) is 4.52. The molecule has 1 aliphatic heterocycles. The van der Waals surface area contributed by atoms with E-state index in [1.165, 1.54) is 43.5 Å². The number of hydrogen-bond donors (Lipinski definition) is 1. The molecule has 2 heteroatoms. The van der Waals surface area contributed by atoms with Crippen LogP contribution in [0.25, 0.3) is 0 Å². The number of nitrogens with zero attached hydrogens (tertiary/aromatic N) is 1. The van der Waals surface area contributed by atoms with Gasteiger partial charge in [0.05, 0.1) is 0 Å². The highest BCUT2D eigenvalue weighted by Crippen LogP contribution is 2.21. The van der Waals surface area contributed by atoms with Crippen molar-refractivity contribution in [2.45, 2.75) is 52.1 Å². The molecule has 0 atom stereocenters. The highest BCUT2D eigenvalue weighted by atomic mass is 15.2. The van der Waals surface area contributed by atoms with Crippen molar-refractivity contribution in [2.24, 2.45) is 0 Å². The normalized spacial score (nSPS) is 20.2. The second-order valence-corrected chi connectivity index (χ2v) is 5.97. The van der Waals surface area contributed by atoms with Crippen LogP contribution in [0.4, 0.5) is 0 Å². The van der Waals surface area contributed by atoms with Crippen molar-refractivity contribution in [1.29, 1.82) is 0 Å². The van der Waals surface area contributed by atoms with Gasteiger partial charge < -0.3 is 5.32 Å². The predicted octanol–water partition coefficient (Wildman–Crippen LogP) is 3.35. The molecule has 1 aliphatic rings. The maximum Gasteiger partial charge on any atom is 0.0303 e. The van der Waals surface area contributed by atoms with Crippen molar-refractivity contribution in [3.63, 3.8) is 0 Å². The summed E-state index contributed by atoms with van der Waals surface area (Å²) in [5.41, 5.74) is 3.13. The van der Waals surface area contributed by atoms with Crippen LogP contribution in [0.2, 0.25) is 0 Å². The van der Waals surface area contributed by atoms with Gasteiger partial charge in [-0.1, -0.05) is 43.7 Å². The van der Waals surface area contributed by atoms with Gasteiger partial charge in [0.2, 0.25) is 0 Å². The van der Waals surface area contributed by atoms with Crippen LogP contribution in [0.5, 0.6) is 0 Å². The van der Waals surface area contributed by atoms with Crippen LogP contribution < -0.4 is 5.32 Å². The van der Waals surface area contributed by atoms with Crippen molar-refractivity contribution in [2.75, 3.05) is 19.6 Å². The van der Waals surface area contributed by atoms with E-state index in [-0.39, 0.29) is 0 Å². The van der Waals surface area contributed by atoms with E-state index >= 15 is 0 Å². The van der Waals surface area contributed by atoms with Gasteiger partial charge in [0.1, 0.15) is 0 Å². The largest absolute Gasteiger partial charge is 0.310 e. The fourth-order valence-corrected chi connectivity index (χ4v) is 3.15. The molecule has 0 aliphatic carbocycles. The molecule has 0 aromatic heterocycles. The van der Waals surface area contributed by atoms with Crippen LogP contribution in [-0.4, -0.2) is 30.1 Å². The monoisotopic (exact) mass is 260 g/mol. The van der Waals surface area contributed by atoms with Gasteiger partial charge in [0, 0.05) is 18.6 Å². The lowest BCUT2D eigenvalue weighted by molar-refractivity contribution is 0.191. The lowest BCUT2D eigenvalue weighted by Gasteiger charge is -2.35. The summed E-state index contributed by atoms with van der Waals surface area (Å²) in [7, 11) is 0. The molecule has 1 fully saturated rings. The standard InChI is InChI=1S/C17H28N2/c1-4-17(5-2)14-19(11-7-10-18-17)13-16-9-6-8-15(3)12-16/h6,8-9,12,18H,4-5,7,10-11,13-14H2,1-3H3. The number of nitrogens with one attached hydrogen (secondary N) is 1. The second kappa shape index (κ2) is 6.53. The first-order valence-electron chi connectivity index (χ1n) is 7.70. The fourth-order valence-electron chi connectivity index (χ4n) is 3.15. The Labute approximate surface area is 118 Å². The molecule has 1 saturated heterocycles. The third-order valence-corrected chi connectivity index (χ3v) is 4.52. The van der Waals surface area contributed by atoms with Gasteiger partial charge in [-0.3, -0.25) is 4.90 Å². The van der Waals surface area contributed by atoms with Crippen molar-refractivity contribution >= 4 is 0 Å². The van der Waals surface area contributed by atoms with Crippen LogP contribution in [-0.2, 0) is 6.54 Å². The first-order valence-corrected chi connectivity index (χ1v) is 7.70. The van der Waals surface area contributed by atoms with Crippen LogP contribution in [0.3, 0.4) is 0 Å². The highest BCUT2D eigenvalue weighted by Gasteiger charge is 2.29. The Balaban J connectivity index is 2.06. The average Bonchev–Trinajstić information content (AvgIpc) is 2.62. The zero-order valence-corrected chi connectivity index (χ0v) is 12.7. The van der Waals surface area contributed by atoms with Crippen LogP contribution in [0.1, 0.15) is 44.2 Å². The van der Waals surface area contributed by atoms with E-state index in [2.05, 4.69) is 55.3 Å². The summed E-state index contributed by atoms with van der Waals surface area (Å²) in [5.74, 6) is 0. The fraction of sp³-hybridized carbons (Fsp3) is 0.647. The Kier molecular flexibility index (Phi) is 5.00. The molecule has 1 aromatic rings. The number of benzene rings is 1. The minimum atomic E-state index is 0.320. The molecule has 0 amide bonds. The SMILES string of the molecule is CCC1(CC)CN(Cc2cccc(C)c2)CCCN1. The molecule has 1 N–H and O–H groups in total. The Bertz CT molecular complexity index is 396. The lowest BCUT2D eigenvalue weighted by Crippen LogP contribution is -2.50. The van der Waals surface area contributed by atoms with Crippen molar-refractivity contribution in [1.82, 2.24) is 10.2 Å². The molecule has 0 radical (unpaired) electrons. The lowest BCUT2D eigenvalue weighted by atomic mass is 9.92. The van der Waals surface area contributed by atoms with E-state index in [4.69, 9.17) is 0 Å². The molecule has 0 bridgehead atoms. The zero-order valence-electron chi connectivity index (χ0n) is 12.7. The van der Waals surface area contributed by atoms with Gasteiger partial charge in [0.15, 0.2) is 0 Å². The quantitative estimate of drug-likeness (QED) is 0.893. The zero-order chi connectivity index (χ0) is 13.7. The van der Waals surface area contributed by atoms with Crippen molar-refractivity contribution in [3.05, 3.63) is 35.4 Å². The molecule has 1 heterocycles. The van der Waals surface area contributed by atoms with Gasteiger partial charge in [0.25, 0.3) is 0 Å². The molecule has 0 unspecified atom stereocenters. The number of hydrogen-bond acceptors (Lipinski definition) is 2. The maximum absolute atomic E-state index is 3.78. The molecule has 2 nitrogen and oxygen atoms in total. The van der Waals surface area contributed by atoms with Crippen LogP contribution in [0.15, 0.2) is 24.3 Å². The van der Waals surface area contributed by atoms with E-state index in [9.17, 15) is 0 Å². The van der Waals surface area contributed by atoms with E-state index in [1.54, 1.807) is 0 Å². The van der Waals surface area contributed by atoms with E-state index in [0.29, 0.717) is 5.54 Å².